The number of halogens is 1. The monoisotopic (exact) mass is 611 g/mol. The molecule has 0 heterocycles. The van der Waals surface area contributed by atoms with Gasteiger partial charge in [0.2, 0.25) is 21.8 Å². The summed E-state index contributed by atoms with van der Waals surface area (Å²) in [5, 5.41) is 3.55. The third-order valence-electron chi connectivity index (χ3n) is 7.37. The zero-order chi connectivity index (χ0) is 30.9. The van der Waals surface area contributed by atoms with Crippen molar-refractivity contribution in [2.75, 3.05) is 17.1 Å². The van der Waals surface area contributed by atoms with Gasteiger partial charge in [-0.1, -0.05) is 84.8 Å². The largest absolute Gasteiger partial charge is 0.352 e. The highest BCUT2D eigenvalue weighted by atomic mass is 35.5. The number of carbonyl (C=O) groups is 2. The molecule has 1 N–H and O–H groups in total. The molecule has 0 bridgehead atoms. The fourth-order valence-electron chi connectivity index (χ4n) is 4.85. The number of nitrogens with zero attached hydrogens (tertiary/aromatic N) is 2. The molecule has 42 heavy (non-hydrogen) atoms. The Morgan fingerprint density at radius 2 is 1.62 bits per heavy atom. The third kappa shape index (κ3) is 9.33. The van der Waals surface area contributed by atoms with E-state index >= 15 is 0 Å². The molecule has 0 aliphatic heterocycles. The SMILES string of the molecule is CC[C@@H](C)NC(=O)[C@H](Cc1ccccc1)N(Cc1cccc(C)c1)C(=O)CCCN(c1cccc(Cl)c1C)S(C)(=O)=O. The van der Waals surface area contributed by atoms with Crippen molar-refractivity contribution >= 4 is 39.1 Å². The second kappa shape index (κ2) is 15.2. The van der Waals surface area contributed by atoms with E-state index in [1.807, 2.05) is 75.4 Å². The van der Waals surface area contributed by atoms with Gasteiger partial charge in [0.25, 0.3) is 0 Å². The molecule has 0 aromatic heterocycles. The quantitative estimate of drug-likeness (QED) is 0.240. The summed E-state index contributed by atoms with van der Waals surface area (Å²) in [6.45, 7) is 8.07. The van der Waals surface area contributed by atoms with Gasteiger partial charge in [-0.2, -0.15) is 0 Å². The van der Waals surface area contributed by atoms with Crippen LogP contribution in [0.4, 0.5) is 5.69 Å². The van der Waals surface area contributed by atoms with Crippen molar-refractivity contribution in [1.29, 1.82) is 0 Å². The molecule has 2 atom stereocenters. The lowest BCUT2D eigenvalue weighted by Crippen LogP contribution is -2.52. The minimum atomic E-state index is -3.63. The van der Waals surface area contributed by atoms with Crippen LogP contribution in [-0.4, -0.2) is 50.0 Å². The predicted octanol–water partition coefficient (Wildman–Crippen LogP) is 6.06. The van der Waals surface area contributed by atoms with E-state index < -0.39 is 16.1 Å². The molecule has 0 aliphatic rings. The maximum absolute atomic E-state index is 14.0. The number of amides is 2. The van der Waals surface area contributed by atoms with Gasteiger partial charge in [0.15, 0.2) is 0 Å². The zero-order valence-electron chi connectivity index (χ0n) is 25.1. The van der Waals surface area contributed by atoms with E-state index in [4.69, 9.17) is 11.6 Å². The van der Waals surface area contributed by atoms with Crippen molar-refractivity contribution in [2.45, 2.75) is 72.0 Å². The Kier molecular flexibility index (Phi) is 12.0. The van der Waals surface area contributed by atoms with E-state index in [9.17, 15) is 18.0 Å². The first-order valence-corrected chi connectivity index (χ1v) is 16.6. The zero-order valence-corrected chi connectivity index (χ0v) is 26.7. The van der Waals surface area contributed by atoms with Gasteiger partial charge in [-0.05, 0) is 62.4 Å². The first kappa shape index (κ1) is 33.1. The Morgan fingerprint density at radius 3 is 2.26 bits per heavy atom. The van der Waals surface area contributed by atoms with Crippen LogP contribution in [0.3, 0.4) is 0 Å². The summed E-state index contributed by atoms with van der Waals surface area (Å²) in [6, 6.07) is 21.9. The highest BCUT2D eigenvalue weighted by molar-refractivity contribution is 7.92. The highest BCUT2D eigenvalue weighted by Gasteiger charge is 2.31. The molecule has 226 valence electrons. The second-order valence-electron chi connectivity index (χ2n) is 10.9. The van der Waals surface area contributed by atoms with E-state index in [-0.39, 0.29) is 43.8 Å². The first-order chi connectivity index (χ1) is 19.9. The summed E-state index contributed by atoms with van der Waals surface area (Å²) in [5.74, 6) is -0.422. The second-order valence-corrected chi connectivity index (χ2v) is 13.2. The molecule has 0 aliphatic carbocycles. The number of anilines is 1. The van der Waals surface area contributed by atoms with Gasteiger partial charge < -0.3 is 10.2 Å². The number of sulfonamides is 1. The number of rotatable bonds is 14. The van der Waals surface area contributed by atoms with Crippen molar-refractivity contribution in [3.63, 3.8) is 0 Å². The molecule has 9 heteroatoms. The van der Waals surface area contributed by atoms with Gasteiger partial charge in [-0.3, -0.25) is 13.9 Å². The lowest BCUT2D eigenvalue weighted by atomic mass is 10.0. The Balaban J connectivity index is 1.91. The molecular formula is C33H42ClN3O4S. The predicted molar refractivity (Wildman–Crippen MR) is 171 cm³/mol. The van der Waals surface area contributed by atoms with Gasteiger partial charge in [0, 0.05) is 37.0 Å². The molecule has 2 amide bonds. The molecular weight excluding hydrogens is 570 g/mol. The third-order valence-corrected chi connectivity index (χ3v) is 8.96. The lowest BCUT2D eigenvalue weighted by molar-refractivity contribution is -0.141. The summed E-state index contributed by atoms with van der Waals surface area (Å²) in [4.78, 5) is 29.3. The van der Waals surface area contributed by atoms with Crippen molar-refractivity contribution in [2.24, 2.45) is 0 Å². The van der Waals surface area contributed by atoms with Crippen LogP contribution < -0.4 is 9.62 Å². The van der Waals surface area contributed by atoms with Gasteiger partial charge in [-0.25, -0.2) is 8.42 Å². The van der Waals surface area contributed by atoms with Crippen LogP contribution >= 0.6 is 11.6 Å². The van der Waals surface area contributed by atoms with Crippen LogP contribution in [0.5, 0.6) is 0 Å². The van der Waals surface area contributed by atoms with Crippen LogP contribution in [0.15, 0.2) is 72.8 Å². The maximum atomic E-state index is 14.0. The molecule has 3 aromatic carbocycles. The van der Waals surface area contributed by atoms with Gasteiger partial charge >= 0.3 is 0 Å². The maximum Gasteiger partial charge on any atom is 0.243 e. The minimum Gasteiger partial charge on any atom is -0.352 e. The molecule has 0 fully saturated rings. The molecule has 0 saturated carbocycles. The minimum absolute atomic E-state index is 0.0454. The first-order valence-electron chi connectivity index (χ1n) is 14.3. The lowest BCUT2D eigenvalue weighted by Gasteiger charge is -2.33. The molecule has 0 spiro atoms. The highest BCUT2D eigenvalue weighted by Crippen LogP contribution is 2.28. The number of aryl methyl sites for hydroxylation is 1. The van der Waals surface area contributed by atoms with Crippen LogP contribution in [-0.2, 0) is 32.6 Å². The molecule has 0 saturated heterocycles. The Labute approximate surface area is 255 Å². The number of nitrogens with one attached hydrogen (secondary N) is 1. The van der Waals surface area contributed by atoms with E-state index in [0.717, 1.165) is 29.4 Å². The van der Waals surface area contributed by atoms with Crippen LogP contribution in [0.25, 0.3) is 0 Å². The van der Waals surface area contributed by atoms with Crippen LogP contribution in [0.1, 0.15) is 55.4 Å². The molecule has 0 unspecified atom stereocenters. The van der Waals surface area contributed by atoms with Crippen molar-refractivity contribution in [3.8, 4) is 0 Å². The molecule has 3 rings (SSSR count). The van der Waals surface area contributed by atoms with Crippen molar-refractivity contribution in [3.05, 3.63) is 100 Å². The Hall–Kier alpha value is -3.36. The van der Waals surface area contributed by atoms with Gasteiger partial charge in [-0.15, -0.1) is 0 Å². The number of benzene rings is 3. The fourth-order valence-corrected chi connectivity index (χ4v) is 6.04. The van der Waals surface area contributed by atoms with E-state index in [0.29, 0.717) is 22.7 Å². The van der Waals surface area contributed by atoms with Crippen molar-refractivity contribution in [1.82, 2.24) is 10.2 Å². The number of hydrogen-bond acceptors (Lipinski definition) is 4. The number of carbonyl (C=O) groups excluding carboxylic acids is 2. The van der Waals surface area contributed by atoms with E-state index in [2.05, 4.69) is 5.32 Å². The van der Waals surface area contributed by atoms with E-state index in [1.54, 1.807) is 30.0 Å². The summed E-state index contributed by atoms with van der Waals surface area (Å²) >= 11 is 6.28. The van der Waals surface area contributed by atoms with Crippen molar-refractivity contribution < 1.29 is 18.0 Å². The molecule has 0 radical (unpaired) electrons. The summed E-state index contributed by atoms with van der Waals surface area (Å²) in [7, 11) is -3.63. The van der Waals surface area contributed by atoms with Crippen LogP contribution in [0.2, 0.25) is 5.02 Å². The average molecular weight is 612 g/mol. The summed E-state index contributed by atoms with van der Waals surface area (Å²) in [6.07, 6.45) is 2.61. The topological polar surface area (TPSA) is 86.8 Å². The average Bonchev–Trinajstić information content (AvgIpc) is 2.94. The summed E-state index contributed by atoms with van der Waals surface area (Å²) < 4.78 is 26.8. The summed E-state index contributed by atoms with van der Waals surface area (Å²) in [5.41, 5.74) is 4.07. The normalized spacial score (nSPS) is 12.8. The Bertz CT molecular complexity index is 1460. The molecule has 7 nitrogen and oxygen atoms in total. The van der Waals surface area contributed by atoms with Gasteiger partial charge in [0.05, 0.1) is 11.9 Å². The molecule has 3 aromatic rings. The van der Waals surface area contributed by atoms with E-state index in [1.165, 1.54) is 4.31 Å². The number of hydrogen-bond donors (Lipinski definition) is 1. The Morgan fingerprint density at radius 1 is 0.952 bits per heavy atom. The fraction of sp³-hybridized carbons (Fsp3) is 0.394. The van der Waals surface area contributed by atoms with Crippen LogP contribution in [0, 0.1) is 13.8 Å². The van der Waals surface area contributed by atoms with Gasteiger partial charge in [0.1, 0.15) is 6.04 Å². The standard InChI is InChI=1S/C33H42ClN3O4S/c1-6-25(3)35-33(39)31(22-27-14-8-7-9-15-27)36(23-28-16-10-13-24(2)21-28)32(38)19-12-20-37(42(5,40)41)30-18-11-17-29(34)26(30)4/h7-11,13-18,21,25,31H,6,12,19-20,22-23H2,1-5H3,(H,35,39)/t25-,31+/m1/s1. The smallest absolute Gasteiger partial charge is 0.243 e.